The second-order valence-corrected chi connectivity index (χ2v) is 5.85. The van der Waals surface area contributed by atoms with Gasteiger partial charge in [0.15, 0.2) is 0 Å². The summed E-state index contributed by atoms with van der Waals surface area (Å²) in [6.45, 7) is 5.82. The molecule has 0 unspecified atom stereocenters. The van der Waals surface area contributed by atoms with Crippen LogP contribution in [-0.4, -0.2) is 31.9 Å². The molecule has 0 aliphatic carbocycles. The maximum absolute atomic E-state index is 14.4. The minimum Gasteiger partial charge on any atom is -0.465 e. The fourth-order valence-electron chi connectivity index (χ4n) is 3.12. The van der Waals surface area contributed by atoms with Gasteiger partial charge in [0.2, 0.25) is 0 Å². The van der Waals surface area contributed by atoms with Gasteiger partial charge in [0.1, 0.15) is 5.69 Å². The van der Waals surface area contributed by atoms with Gasteiger partial charge < -0.3 is 10.0 Å². The van der Waals surface area contributed by atoms with E-state index in [0.717, 1.165) is 5.57 Å². The van der Waals surface area contributed by atoms with E-state index in [1.54, 1.807) is 6.92 Å². The van der Waals surface area contributed by atoms with E-state index >= 15 is 0 Å². The molecular formula is C14H17F2N3O2. The highest BCUT2D eigenvalue weighted by Gasteiger charge is 2.43. The molecule has 0 spiro atoms. The summed E-state index contributed by atoms with van der Waals surface area (Å²) in [6.07, 6.45) is -0.768. The Morgan fingerprint density at radius 2 is 2.19 bits per heavy atom. The van der Waals surface area contributed by atoms with Crippen LogP contribution in [0.1, 0.15) is 36.7 Å². The fourth-order valence-corrected chi connectivity index (χ4v) is 3.12. The molecule has 3 heterocycles. The van der Waals surface area contributed by atoms with Gasteiger partial charge in [0.25, 0.3) is 5.92 Å². The lowest BCUT2D eigenvalue weighted by molar-refractivity contribution is -0.0197. The molecule has 5 nitrogen and oxygen atoms in total. The molecule has 1 atom stereocenters. The fraction of sp³-hybridized carbons (Fsp3) is 0.571. The highest BCUT2D eigenvalue weighted by atomic mass is 19.3. The van der Waals surface area contributed by atoms with Crippen molar-refractivity contribution in [2.75, 3.05) is 0 Å². The number of amides is 1. The average Bonchev–Trinajstić information content (AvgIpc) is 2.67. The summed E-state index contributed by atoms with van der Waals surface area (Å²) < 4.78 is 30.1. The molecule has 7 heteroatoms. The number of nitrogens with zero attached hydrogens (tertiary/aromatic N) is 3. The summed E-state index contributed by atoms with van der Waals surface area (Å²) in [5, 5.41) is 13.5. The molecule has 0 radical (unpaired) electrons. The van der Waals surface area contributed by atoms with Gasteiger partial charge in [-0.2, -0.15) is 13.9 Å². The molecule has 2 aliphatic rings. The number of carbonyl (C=O) groups is 1. The SMILES string of the molecule is C=C1CCC(F)(F)c2c3c(nn2C1)C[C@@H](C)N(C(=O)O)C3. The van der Waals surface area contributed by atoms with Crippen molar-refractivity contribution in [3.8, 4) is 0 Å². The lowest BCUT2D eigenvalue weighted by Gasteiger charge is -2.31. The predicted octanol–water partition coefficient (Wildman–Crippen LogP) is 2.75. The average molecular weight is 297 g/mol. The van der Waals surface area contributed by atoms with E-state index in [1.165, 1.54) is 9.58 Å². The van der Waals surface area contributed by atoms with Crippen LogP contribution in [0.5, 0.6) is 0 Å². The first-order chi connectivity index (χ1) is 9.79. The zero-order valence-electron chi connectivity index (χ0n) is 11.8. The Kier molecular flexibility index (Phi) is 3.04. The van der Waals surface area contributed by atoms with Gasteiger partial charge >= 0.3 is 6.09 Å². The first kappa shape index (κ1) is 14.0. The first-order valence-corrected chi connectivity index (χ1v) is 6.92. The number of hydrogen-bond donors (Lipinski definition) is 1. The third kappa shape index (κ3) is 2.20. The van der Waals surface area contributed by atoms with Crippen molar-refractivity contribution in [2.45, 2.75) is 51.2 Å². The van der Waals surface area contributed by atoms with Crippen LogP contribution in [0.2, 0.25) is 0 Å². The maximum Gasteiger partial charge on any atom is 0.407 e. The number of carboxylic acid groups (broad SMARTS) is 1. The van der Waals surface area contributed by atoms with E-state index < -0.39 is 12.0 Å². The van der Waals surface area contributed by atoms with E-state index in [9.17, 15) is 18.7 Å². The van der Waals surface area contributed by atoms with E-state index in [1.807, 2.05) is 0 Å². The molecule has 0 bridgehead atoms. The van der Waals surface area contributed by atoms with Crippen LogP contribution in [-0.2, 0) is 25.4 Å². The lowest BCUT2D eigenvalue weighted by Crippen LogP contribution is -2.42. The predicted molar refractivity (Wildman–Crippen MR) is 71.2 cm³/mol. The van der Waals surface area contributed by atoms with Crippen molar-refractivity contribution in [3.63, 3.8) is 0 Å². The van der Waals surface area contributed by atoms with Crippen LogP contribution in [0.25, 0.3) is 0 Å². The quantitative estimate of drug-likeness (QED) is 0.749. The van der Waals surface area contributed by atoms with Crippen LogP contribution < -0.4 is 0 Å². The van der Waals surface area contributed by atoms with E-state index in [0.29, 0.717) is 17.7 Å². The van der Waals surface area contributed by atoms with Crippen LogP contribution in [0.3, 0.4) is 0 Å². The van der Waals surface area contributed by atoms with Gasteiger partial charge in [-0.1, -0.05) is 12.2 Å². The Balaban J connectivity index is 2.11. The van der Waals surface area contributed by atoms with E-state index in [2.05, 4.69) is 11.7 Å². The number of hydrogen-bond acceptors (Lipinski definition) is 2. The normalized spacial score (nSPS) is 24.2. The Morgan fingerprint density at radius 1 is 1.48 bits per heavy atom. The monoisotopic (exact) mass is 297 g/mol. The molecule has 114 valence electrons. The van der Waals surface area contributed by atoms with Crippen molar-refractivity contribution >= 4 is 6.09 Å². The van der Waals surface area contributed by atoms with Crippen LogP contribution in [0, 0.1) is 0 Å². The third-order valence-electron chi connectivity index (χ3n) is 4.24. The number of halogens is 2. The van der Waals surface area contributed by atoms with Crippen LogP contribution >= 0.6 is 0 Å². The lowest BCUT2D eigenvalue weighted by atomic mass is 9.96. The van der Waals surface area contributed by atoms with Crippen LogP contribution in [0.15, 0.2) is 12.2 Å². The molecule has 2 aliphatic heterocycles. The minimum atomic E-state index is -3.00. The Hall–Kier alpha value is -1.92. The number of alkyl halides is 2. The summed E-state index contributed by atoms with van der Waals surface area (Å²) in [5.41, 5.74) is 1.55. The van der Waals surface area contributed by atoms with Gasteiger partial charge in [0, 0.05) is 24.4 Å². The maximum atomic E-state index is 14.4. The van der Waals surface area contributed by atoms with Gasteiger partial charge in [-0.05, 0) is 13.3 Å². The molecule has 0 saturated carbocycles. The zero-order chi connectivity index (χ0) is 15.4. The molecule has 3 rings (SSSR count). The van der Waals surface area contributed by atoms with Gasteiger partial charge in [-0.15, -0.1) is 0 Å². The molecule has 1 aromatic rings. The van der Waals surface area contributed by atoms with Gasteiger partial charge in [-0.25, -0.2) is 4.79 Å². The topological polar surface area (TPSA) is 58.4 Å². The van der Waals surface area contributed by atoms with Crippen molar-refractivity contribution in [3.05, 3.63) is 29.1 Å². The summed E-state index contributed by atoms with van der Waals surface area (Å²) >= 11 is 0. The number of rotatable bonds is 0. The van der Waals surface area contributed by atoms with E-state index in [-0.39, 0.29) is 37.7 Å². The standard InChI is InChI=1S/C14H17F2N3O2/c1-8-3-4-14(15,16)12-10-7-18(13(20)21)9(2)5-11(10)17-19(12)6-8/h9H,1,3-7H2,2H3,(H,20,21)/t9-/m1/s1. The van der Waals surface area contributed by atoms with Gasteiger partial charge in [-0.3, -0.25) is 4.68 Å². The molecule has 0 fully saturated rings. The van der Waals surface area contributed by atoms with Crippen molar-refractivity contribution in [2.24, 2.45) is 0 Å². The second-order valence-electron chi connectivity index (χ2n) is 5.85. The number of allylic oxidation sites excluding steroid dienone is 1. The van der Waals surface area contributed by atoms with Crippen molar-refractivity contribution < 1.29 is 18.7 Å². The highest BCUT2D eigenvalue weighted by Crippen LogP contribution is 2.41. The smallest absolute Gasteiger partial charge is 0.407 e. The largest absolute Gasteiger partial charge is 0.465 e. The number of aromatic nitrogens is 2. The second kappa shape index (κ2) is 4.54. The summed E-state index contributed by atoms with van der Waals surface area (Å²) in [6, 6.07) is -0.258. The molecular weight excluding hydrogens is 280 g/mol. The summed E-state index contributed by atoms with van der Waals surface area (Å²) in [5.74, 6) is -3.00. The molecule has 1 aromatic heterocycles. The molecule has 0 saturated heterocycles. The van der Waals surface area contributed by atoms with Crippen LogP contribution in [0.4, 0.5) is 13.6 Å². The first-order valence-electron chi connectivity index (χ1n) is 6.92. The Morgan fingerprint density at radius 3 is 2.86 bits per heavy atom. The minimum absolute atomic E-state index is 0.0246. The van der Waals surface area contributed by atoms with Crippen molar-refractivity contribution in [1.82, 2.24) is 14.7 Å². The number of fused-ring (bicyclic) bond motifs is 3. The molecule has 1 N–H and O–H groups in total. The summed E-state index contributed by atoms with van der Waals surface area (Å²) in [4.78, 5) is 12.4. The molecule has 21 heavy (non-hydrogen) atoms. The third-order valence-corrected chi connectivity index (χ3v) is 4.24. The molecule has 1 amide bonds. The Bertz CT molecular complexity index is 624. The van der Waals surface area contributed by atoms with Gasteiger partial charge in [0.05, 0.1) is 18.8 Å². The Labute approximate surface area is 120 Å². The summed E-state index contributed by atoms with van der Waals surface area (Å²) in [7, 11) is 0. The molecule has 0 aromatic carbocycles. The van der Waals surface area contributed by atoms with Crippen molar-refractivity contribution in [1.29, 1.82) is 0 Å². The highest BCUT2D eigenvalue weighted by molar-refractivity contribution is 5.66. The zero-order valence-corrected chi connectivity index (χ0v) is 11.8. The van der Waals surface area contributed by atoms with E-state index in [4.69, 9.17) is 0 Å².